The van der Waals surface area contributed by atoms with E-state index >= 15 is 0 Å². The standard InChI is InChI=1S/C20H24N2O3S/c1-4-7-10-26-19-16(17-9-8-14(13-21)20(23)22-17)11-15(24-5-2)12-18(19)25-6-3/h8-9,11-12H,4-7,10H2,1-3H3,(H,22,23). The van der Waals surface area contributed by atoms with Gasteiger partial charge in [0.15, 0.2) is 0 Å². The molecule has 0 unspecified atom stereocenters. The molecular formula is C20H24N2O3S. The van der Waals surface area contributed by atoms with Crippen LogP contribution in [-0.4, -0.2) is 24.0 Å². The number of hydrogen-bond acceptors (Lipinski definition) is 5. The monoisotopic (exact) mass is 372 g/mol. The van der Waals surface area contributed by atoms with Crippen LogP contribution in [0.2, 0.25) is 0 Å². The first-order valence-corrected chi connectivity index (χ1v) is 9.83. The number of aromatic amines is 1. The molecule has 1 aromatic heterocycles. The van der Waals surface area contributed by atoms with Crippen LogP contribution in [-0.2, 0) is 0 Å². The summed E-state index contributed by atoms with van der Waals surface area (Å²) in [5.74, 6) is 2.40. The lowest BCUT2D eigenvalue weighted by atomic mass is 10.1. The number of pyridine rings is 1. The van der Waals surface area contributed by atoms with Crippen LogP contribution >= 0.6 is 11.8 Å². The van der Waals surface area contributed by atoms with Crippen LogP contribution < -0.4 is 15.0 Å². The van der Waals surface area contributed by atoms with Gasteiger partial charge in [0.05, 0.1) is 18.1 Å². The van der Waals surface area contributed by atoms with Gasteiger partial charge in [-0.25, -0.2) is 0 Å². The smallest absolute Gasteiger partial charge is 0.266 e. The van der Waals surface area contributed by atoms with Crippen LogP contribution in [0.3, 0.4) is 0 Å². The highest BCUT2D eigenvalue weighted by Crippen LogP contribution is 2.41. The van der Waals surface area contributed by atoms with E-state index in [1.165, 1.54) is 0 Å². The van der Waals surface area contributed by atoms with E-state index in [4.69, 9.17) is 14.7 Å². The summed E-state index contributed by atoms with van der Waals surface area (Å²) in [6.45, 7) is 7.10. The summed E-state index contributed by atoms with van der Waals surface area (Å²) in [5, 5.41) is 8.99. The van der Waals surface area contributed by atoms with E-state index in [1.807, 2.05) is 32.0 Å². The molecule has 0 aliphatic carbocycles. The van der Waals surface area contributed by atoms with Crippen molar-refractivity contribution in [2.75, 3.05) is 19.0 Å². The number of aromatic nitrogens is 1. The van der Waals surface area contributed by atoms with Gasteiger partial charge in [0.1, 0.15) is 23.1 Å². The number of thioether (sulfide) groups is 1. The minimum atomic E-state index is -0.394. The van der Waals surface area contributed by atoms with E-state index in [0.29, 0.717) is 24.7 Å². The zero-order valence-corrected chi connectivity index (χ0v) is 16.2. The fourth-order valence-corrected chi connectivity index (χ4v) is 3.70. The third-order valence-corrected chi connectivity index (χ3v) is 4.91. The zero-order valence-electron chi connectivity index (χ0n) is 15.4. The number of nitrogens with one attached hydrogen (secondary N) is 1. The summed E-state index contributed by atoms with van der Waals surface area (Å²) < 4.78 is 11.5. The number of nitriles is 1. The number of unbranched alkanes of at least 4 members (excludes halogenated alkanes) is 1. The molecule has 0 atom stereocenters. The van der Waals surface area contributed by atoms with E-state index in [9.17, 15) is 4.79 Å². The molecule has 0 radical (unpaired) electrons. The maximum Gasteiger partial charge on any atom is 0.266 e. The second-order valence-corrected chi connectivity index (χ2v) is 6.70. The van der Waals surface area contributed by atoms with Gasteiger partial charge in [-0.2, -0.15) is 5.26 Å². The summed E-state index contributed by atoms with van der Waals surface area (Å²) in [6.07, 6.45) is 2.20. The lowest BCUT2D eigenvalue weighted by molar-refractivity contribution is 0.318. The molecule has 1 aromatic carbocycles. The molecule has 6 heteroatoms. The second kappa shape index (κ2) is 9.93. The number of H-pyrrole nitrogens is 1. The van der Waals surface area contributed by atoms with E-state index in [2.05, 4.69) is 11.9 Å². The summed E-state index contributed by atoms with van der Waals surface area (Å²) in [6, 6.07) is 9.00. The second-order valence-electron chi connectivity index (χ2n) is 5.59. The van der Waals surface area contributed by atoms with Crippen LogP contribution in [0.5, 0.6) is 11.5 Å². The third-order valence-electron chi connectivity index (χ3n) is 3.70. The summed E-state index contributed by atoms with van der Waals surface area (Å²) in [7, 11) is 0. The zero-order chi connectivity index (χ0) is 18.9. The molecule has 26 heavy (non-hydrogen) atoms. The van der Waals surface area contributed by atoms with Crippen molar-refractivity contribution in [1.29, 1.82) is 5.26 Å². The van der Waals surface area contributed by atoms with Crippen molar-refractivity contribution in [3.8, 4) is 28.8 Å². The molecule has 0 aliphatic rings. The topological polar surface area (TPSA) is 75.1 Å². The minimum absolute atomic E-state index is 0.0972. The van der Waals surface area contributed by atoms with Crippen molar-refractivity contribution in [3.05, 3.63) is 40.2 Å². The normalized spacial score (nSPS) is 10.4. The molecule has 1 N–H and O–H groups in total. The first-order valence-electron chi connectivity index (χ1n) is 8.84. The van der Waals surface area contributed by atoms with E-state index in [-0.39, 0.29) is 5.56 Å². The van der Waals surface area contributed by atoms with Gasteiger partial charge in [0, 0.05) is 17.3 Å². The van der Waals surface area contributed by atoms with Crippen molar-refractivity contribution < 1.29 is 9.47 Å². The van der Waals surface area contributed by atoms with Crippen LogP contribution in [0.25, 0.3) is 11.3 Å². The van der Waals surface area contributed by atoms with Crippen molar-refractivity contribution in [2.45, 2.75) is 38.5 Å². The molecule has 0 saturated heterocycles. The Balaban J connectivity index is 2.60. The maximum absolute atomic E-state index is 12.1. The summed E-state index contributed by atoms with van der Waals surface area (Å²) in [4.78, 5) is 15.9. The van der Waals surface area contributed by atoms with E-state index in [0.717, 1.165) is 34.8 Å². The van der Waals surface area contributed by atoms with Crippen LogP contribution in [0.15, 0.2) is 34.0 Å². The molecule has 5 nitrogen and oxygen atoms in total. The van der Waals surface area contributed by atoms with Crippen molar-refractivity contribution in [3.63, 3.8) is 0 Å². The lowest BCUT2D eigenvalue weighted by Crippen LogP contribution is -2.10. The summed E-state index contributed by atoms with van der Waals surface area (Å²) >= 11 is 1.71. The molecule has 0 aliphatic heterocycles. The van der Waals surface area contributed by atoms with Crippen molar-refractivity contribution in [2.24, 2.45) is 0 Å². The molecule has 1 heterocycles. The van der Waals surface area contributed by atoms with Crippen LogP contribution in [0.4, 0.5) is 0 Å². The largest absolute Gasteiger partial charge is 0.494 e. The SMILES string of the molecule is CCCCSc1c(OCC)cc(OCC)cc1-c1ccc(C#N)c(=O)[nH]1. The Labute approximate surface area is 158 Å². The highest BCUT2D eigenvalue weighted by molar-refractivity contribution is 7.99. The van der Waals surface area contributed by atoms with Gasteiger partial charge in [0.2, 0.25) is 0 Å². The van der Waals surface area contributed by atoms with E-state index < -0.39 is 5.56 Å². The van der Waals surface area contributed by atoms with Crippen LogP contribution in [0.1, 0.15) is 39.2 Å². The number of hydrogen-bond donors (Lipinski definition) is 1. The fraction of sp³-hybridized carbons (Fsp3) is 0.400. The lowest BCUT2D eigenvalue weighted by Gasteiger charge is -2.17. The molecule has 2 rings (SSSR count). The predicted molar refractivity (Wildman–Crippen MR) is 105 cm³/mol. The Morgan fingerprint density at radius 3 is 2.54 bits per heavy atom. The van der Waals surface area contributed by atoms with Gasteiger partial charge in [-0.3, -0.25) is 4.79 Å². The quantitative estimate of drug-likeness (QED) is 0.514. The average molecular weight is 372 g/mol. The number of benzene rings is 1. The Morgan fingerprint density at radius 1 is 1.15 bits per heavy atom. The van der Waals surface area contributed by atoms with Gasteiger partial charge < -0.3 is 14.5 Å². The summed E-state index contributed by atoms with van der Waals surface area (Å²) in [5.41, 5.74) is 1.20. The Morgan fingerprint density at radius 2 is 1.92 bits per heavy atom. The maximum atomic E-state index is 12.1. The van der Waals surface area contributed by atoms with Gasteiger partial charge in [-0.1, -0.05) is 13.3 Å². The molecule has 0 fully saturated rings. The number of rotatable bonds is 9. The predicted octanol–water partition coefficient (Wildman–Crippen LogP) is 4.60. The number of nitrogens with zero attached hydrogens (tertiary/aromatic N) is 1. The van der Waals surface area contributed by atoms with Crippen molar-refractivity contribution in [1.82, 2.24) is 4.98 Å². The Hall–Kier alpha value is -2.39. The third kappa shape index (κ3) is 4.83. The highest BCUT2D eigenvalue weighted by atomic mass is 32.2. The molecule has 0 bridgehead atoms. The molecular weight excluding hydrogens is 348 g/mol. The Bertz CT molecular complexity index is 840. The Kier molecular flexibility index (Phi) is 7.61. The van der Waals surface area contributed by atoms with Gasteiger partial charge in [-0.05, 0) is 44.2 Å². The molecule has 0 spiro atoms. The first kappa shape index (κ1) is 19.9. The number of ether oxygens (including phenoxy) is 2. The van der Waals surface area contributed by atoms with Crippen LogP contribution in [0, 0.1) is 11.3 Å². The van der Waals surface area contributed by atoms with Gasteiger partial charge >= 0.3 is 0 Å². The van der Waals surface area contributed by atoms with Gasteiger partial charge in [-0.15, -0.1) is 11.8 Å². The molecule has 138 valence electrons. The minimum Gasteiger partial charge on any atom is -0.494 e. The average Bonchev–Trinajstić information content (AvgIpc) is 2.63. The fourth-order valence-electron chi connectivity index (χ4n) is 2.48. The van der Waals surface area contributed by atoms with Gasteiger partial charge in [0.25, 0.3) is 5.56 Å². The molecule has 0 saturated carbocycles. The first-order chi connectivity index (χ1) is 12.6. The molecule has 2 aromatic rings. The van der Waals surface area contributed by atoms with Crippen molar-refractivity contribution >= 4 is 11.8 Å². The molecule has 0 amide bonds. The highest BCUT2D eigenvalue weighted by Gasteiger charge is 2.16. The van der Waals surface area contributed by atoms with E-state index in [1.54, 1.807) is 23.9 Å².